The molecule has 2 heterocycles. The van der Waals surface area contributed by atoms with Crippen LogP contribution < -0.4 is 5.32 Å². The molecule has 1 aliphatic heterocycles. The molecule has 2 aromatic carbocycles. The van der Waals surface area contributed by atoms with Gasteiger partial charge in [-0.3, -0.25) is 9.59 Å². The fourth-order valence-electron chi connectivity index (χ4n) is 3.19. The topological polar surface area (TPSA) is 93.5 Å². The number of aromatic nitrogens is 2. The molecule has 4 rings (SSSR count). The number of fused-ring (bicyclic) bond motifs is 1. The standard InChI is InChI=1S/C20H18N4O4/c25-18(11-23-13-21-15-8-4-5-9-17(15)23)22-16(14-6-2-1-3-7-14)10-24-19(26)12-28-20(24)27/h1-9,13,16H,10-12H2,(H,22,25)/t16-/m1/s1. The summed E-state index contributed by atoms with van der Waals surface area (Å²) in [6.07, 6.45) is 0.920. The molecule has 0 bridgehead atoms. The number of amides is 3. The van der Waals surface area contributed by atoms with Crippen molar-refractivity contribution in [2.24, 2.45) is 0 Å². The maximum atomic E-state index is 12.7. The first-order chi connectivity index (χ1) is 13.6. The Morgan fingerprint density at radius 2 is 1.86 bits per heavy atom. The van der Waals surface area contributed by atoms with Crippen LogP contribution in [-0.4, -0.2) is 45.5 Å². The van der Waals surface area contributed by atoms with Gasteiger partial charge in [0, 0.05) is 0 Å². The SMILES string of the molecule is O=C(Cn1cnc2ccccc21)N[C@H](CN1C(=O)COC1=O)c1ccccc1. The summed E-state index contributed by atoms with van der Waals surface area (Å²) in [6.45, 7) is -0.185. The highest BCUT2D eigenvalue weighted by Gasteiger charge is 2.33. The van der Waals surface area contributed by atoms with Gasteiger partial charge in [0.05, 0.1) is 29.9 Å². The molecular formula is C20H18N4O4. The predicted molar refractivity (Wildman–Crippen MR) is 100 cm³/mol. The second kappa shape index (κ2) is 7.51. The molecule has 0 aliphatic carbocycles. The summed E-state index contributed by atoms with van der Waals surface area (Å²) in [4.78, 5) is 41.7. The fourth-order valence-corrected chi connectivity index (χ4v) is 3.19. The van der Waals surface area contributed by atoms with Crippen molar-refractivity contribution < 1.29 is 19.1 Å². The Hall–Kier alpha value is -3.68. The number of benzene rings is 2. The lowest BCUT2D eigenvalue weighted by molar-refractivity contribution is -0.127. The first-order valence-corrected chi connectivity index (χ1v) is 8.83. The van der Waals surface area contributed by atoms with Crippen molar-refractivity contribution in [2.45, 2.75) is 12.6 Å². The molecule has 3 amide bonds. The number of cyclic esters (lactones) is 1. The summed E-state index contributed by atoms with van der Waals surface area (Å²) in [6, 6.07) is 16.2. The number of hydrogen-bond donors (Lipinski definition) is 1. The number of ether oxygens (including phenoxy) is 1. The number of hydrogen-bond acceptors (Lipinski definition) is 5. The van der Waals surface area contributed by atoms with E-state index in [2.05, 4.69) is 10.3 Å². The zero-order valence-electron chi connectivity index (χ0n) is 14.9. The van der Waals surface area contributed by atoms with Crippen molar-refractivity contribution in [1.82, 2.24) is 19.8 Å². The third kappa shape index (κ3) is 3.57. The first kappa shape index (κ1) is 17.7. The molecule has 8 heteroatoms. The van der Waals surface area contributed by atoms with Gasteiger partial charge in [-0.05, 0) is 17.7 Å². The van der Waals surface area contributed by atoms with Crippen molar-refractivity contribution in [2.75, 3.05) is 13.2 Å². The van der Waals surface area contributed by atoms with Gasteiger partial charge in [0.15, 0.2) is 6.61 Å². The van der Waals surface area contributed by atoms with E-state index in [1.807, 2.05) is 54.6 Å². The molecule has 28 heavy (non-hydrogen) atoms. The number of para-hydroxylation sites is 2. The predicted octanol–water partition coefficient (Wildman–Crippen LogP) is 1.87. The van der Waals surface area contributed by atoms with Gasteiger partial charge in [-0.15, -0.1) is 0 Å². The number of carbonyl (C=O) groups is 3. The highest BCUT2D eigenvalue weighted by molar-refractivity contribution is 5.97. The molecule has 0 spiro atoms. The number of imide groups is 1. The molecule has 0 radical (unpaired) electrons. The van der Waals surface area contributed by atoms with E-state index in [1.165, 1.54) is 0 Å². The van der Waals surface area contributed by atoms with Gasteiger partial charge in [-0.2, -0.15) is 0 Å². The Kier molecular flexibility index (Phi) is 4.76. The van der Waals surface area contributed by atoms with Crippen molar-refractivity contribution in [3.05, 3.63) is 66.5 Å². The lowest BCUT2D eigenvalue weighted by Gasteiger charge is -2.23. The third-order valence-electron chi connectivity index (χ3n) is 4.58. The number of rotatable bonds is 6. The molecule has 0 unspecified atom stereocenters. The van der Waals surface area contributed by atoms with Crippen LogP contribution in [0.5, 0.6) is 0 Å². The minimum Gasteiger partial charge on any atom is -0.439 e. The molecule has 1 aromatic heterocycles. The summed E-state index contributed by atoms with van der Waals surface area (Å²) < 4.78 is 6.52. The molecule has 1 atom stereocenters. The van der Waals surface area contributed by atoms with Crippen molar-refractivity contribution >= 4 is 28.9 Å². The summed E-state index contributed by atoms with van der Waals surface area (Å²) in [7, 11) is 0. The van der Waals surface area contributed by atoms with Crippen LogP contribution in [0.4, 0.5) is 4.79 Å². The average Bonchev–Trinajstić information content (AvgIpc) is 3.26. The molecule has 1 saturated heterocycles. The normalized spacial score (nSPS) is 14.9. The zero-order chi connectivity index (χ0) is 19.5. The van der Waals surface area contributed by atoms with Crippen LogP contribution >= 0.6 is 0 Å². The lowest BCUT2D eigenvalue weighted by Crippen LogP contribution is -2.41. The quantitative estimate of drug-likeness (QED) is 0.707. The van der Waals surface area contributed by atoms with Crippen molar-refractivity contribution in [3.8, 4) is 0 Å². The van der Waals surface area contributed by atoms with Gasteiger partial charge in [0.2, 0.25) is 5.91 Å². The van der Waals surface area contributed by atoms with E-state index in [0.717, 1.165) is 21.5 Å². The molecule has 142 valence electrons. The molecule has 1 aliphatic rings. The Labute approximate surface area is 160 Å². The molecule has 8 nitrogen and oxygen atoms in total. The van der Waals surface area contributed by atoms with E-state index in [-0.39, 0.29) is 25.6 Å². The highest BCUT2D eigenvalue weighted by Crippen LogP contribution is 2.18. The van der Waals surface area contributed by atoms with Gasteiger partial charge < -0.3 is 14.6 Å². The van der Waals surface area contributed by atoms with Crippen LogP contribution in [0, 0.1) is 0 Å². The van der Waals surface area contributed by atoms with Crippen LogP contribution in [-0.2, 0) is 20.9 Å². The zero-order valence-corrected chi connectivity index (χ0v) is 14.9. The van der Waals surface area contributed by atoms with E-state index in [4.69, 9.17) is 4.74 Å². The summed E-state index contributed by atoms with van der Waals surface area (Å²) >= 11 is 0. The van der Waals surface area contributed by atoms with Crippen LogP contribution in [0.3, 0.4) is 0 Å². The summed E-state index contributed by atoms with van der Waals surface area (Å²) in [5.74, 6) is -0.669. The van der Waals surface area contributed by atoms with E-state index in [1.54, 1.807) is 10.9 Å². The number of imidazole rings is 1. The largest absolute Gasteiger partial charge is 0.439 e. The average molecular weight is 378 g/mol. The monoisotopic (exact) mass is 378 g/mol. The molecule has 1 N–H and O–H groups in total. The second-order valence-corrected chi connectivity index (χ2v) is 6.45. The maximum Gasteiger partial charge on any atom is 0.417 e. The van der Waals surface area contributed by atoms with Gasteiger partial charge in [-0.25, -0.2) is 14.7 Å². The minimum atomic E-state index is -0.694. The van der Waals surface area contributed by atoms with Gasteiger partial charge >= 0.3 is 6.09 Å². The van der Waals surface area contributed by atoms with Crippen LogP contribution in [0.15, 0.2) is 60.9 Å². The van der Waals surface area contributed by atoms with Crippen molar-refractivity contribution in [3.63, 3.8) is 0 Å². The smallest absolute Gasteiger partial charge is 0.417 e. The number of nitrogens with one attached hydrogen (secondary N) is 1. The Morgan fingerprint density at radius 1 is 1.11 bits per heavy atom. The lowest BCUT2D eigenvalue weighted by atomic mass is 10.1. The summed E-state index contributed by atoms with van der Waals surface area (Å²) in [5, 5.41) is 2.92. The fraction of sp³-hybridized carbons (Fsp3) is 0.200. The van der Waals surface area contributed by atoms with Crippen LogP contribution in [0.2, 0.25) is 0 Å². The van der Waals surface area contributed by atoms with E-state index < -0.39 is 18.0 Å². The van der Waals surface area contributed by atoms with Gasteiger partial charge in [0.25, 0.3) is 5.91 Å². The second-order valence-electron chi connectivity index (χ2n) is 6.45. The highest BCUT2D eigenvalue weighted by atomic mass is 16.6. The summed E-state index contributed by atoms with van der Waals surface area (Å²) in [5.41, 5.74) is 2.45. The molecule has 0 saturated carbocycles. The van der Waals surface area contributed by atoms with Crippen LogP contribution in [0.1, 0.15) is 11.6 Å². The Bertz CT molecular complexity index is 1010. The van der Waals surface area contributed by atoms with Crippen molar-refractivity contribution in [1.29, 1.82) is 0 Å². The minimum absolute atomic E-state index is 0.0120. The maximum absolute atomic E-state index is 12.7. The Morgan fingerprint density at radius 3 is 2.61 bits per heavy atom. The Balaban J connectivity index is 1.52. The molecule has 3 aromatic rings. The molecule has 1 fully saturated rings. The van der Waals surface area contributed by atoms with E-state index in [9.17, 15) is 14.4 Å². The van der Waals surface area contributed by atoms with Gasteiger partial charge in [-0.1, -0.05) is 42.5 Å². The molecular weight excluding hydrogens is 360 g/mol. The number of nitrogens with zero attached hydrogens (tertiary/aromatic N) is 3. The van der Waals surface area contributed by atoms with Crippen LogP contribution in [0.25, 0.3) is 11.0 Å². The first-order valence-electron chi connectivity index (χ1n) is 8.83. The van der Waals surface area contributed by atoms with E-state index in [0.29, 0.717) is 0 Å². The van der Waals surface area contributed by atoms with Gasteiger partial charge in [0.1, 0.15) is 6.54 Å². The number of carbonyl (C=O) groups excluding carboxylic acids is 3. The van der Waals surface area contributed by atoms with E-state index >= 15 is 0 Å². The third-order valence-corrected chi connectivity index (χ3v) is 4.58.